The molecule has 4 N–H and O–H groups in total. The highest BCUT2D eigenvalue weighted by atomic mass is 32.2. The lowest BCUT2D eigenvalue weighted by Gasteiger charge is -2.14. The first kappa shape index (κ1) is 17.2. The predicted octanol–water partition coefficient (Wildman–Crippen LogP) is 1.42. The van der Waals surface area contributed by atoms with Gasteiger partial charge in [-0.1, -0.05) is 17.3 Å². The molecule has 0 saturated heterocycles. The molecule has 0 aliphatic rings. The Balaban J connectivity index is 2.54. The van der Waals surface area contributed by atoms with Crippen LogP contribution < -0.4 is 15.8 Å². The number of carbonyl (C=O) groups excluding carboxylic acids is 1. The molecule has 0 fully saturated rings. The summed E-state index contributed by atoms with van der Waals surface area (Å²) < 4.78 is 5.44. The highest BCUT2D eigenvalue weighted by Gasteiger charge is 2.11. The van der Waals surface area contributed by atoms with Gasteiger partial charge in [-0.25, -0.2) is 0 Å². The molecule has 0 aromatic heterocycles. The zero-order chi connectivity index (χ0) is 15.7. The molecule has 0 bridgehead atoms. The molecule has 1 unspecified atom stereocenters. The van der Waals surface area contributed by atoms with Crippen LogP contribution in [0.5, 0.6) is 5.75 Å². The van der Waals surface area contributed by atoms with Crippen molar-refractivity contribution in [1.82, 2.24) is 5.32 Å². The van der Waals surface area contributed by atoms with Gasteiger partial charge in [0.2, 0.25) is 0 Å². The SMILES string of the molecule is CSCCC(C)NC(=O)COc1ccccc1/C(N)=N/O. The van der Waals surface area contributed by atoms with E-state index in [1.807, 2.05) is 13.2 Å². The van der Waals surface area contributed by atoms with Crippen molar-refractivity contribution in [3.63, 3.8) is 0 Å². The minimum absolute atomic E-state index is 0.0562. The van der Waals surface area contributed by atoms with Crippen LogP contribution in [0.25, 0.3) is 0 Å². The first-order chi connectivity index (χ1) is 10.1. The van der Waals surface area contributed by atoms with Gasteiger partial charge in [0.05, 0.1) is 5.56 Å². The summed E-state index contributed by atoms with van der Waals surface area (Å²) in [6.45, 7) is 1.85. The van der Waals surface area contributed by atoms with E-state index < -0.39 is 0 Å². The minimum Gasteiger partial charge on any atom is -0.483 e. The molecule has 1 rings (SSSR count). The maximum Gasteiger partial charge on any atom is 0.258 e. The monoisotopic (exact) mass is 311 g/mol. The van der Waals surface area contributed by atoms with E-state index in [0.717, 1.165) is 12.2 Å². The van der Waals surface area contributed by atoms with E-state index in [2.05, 4.69) is 10.5 Å². The van der Waals surface area contributed by atoms with Crippen molar-refractivity contribution in [1.29, 1.82) is 0 Å². The lowest BCUT2D eigenvalue weighted by Crippen LogP contribution is -2.36. The molecule has 6 nitrogen and oxygen atoms in total. The molecule has 116 valence electrons. The number of oxime groups is 1. The van der Waals surface area contributed by atoms with E-state index in [1.165, 1.54) is 0 Å². The number of benzene rings is 1. The van der Waals surface area contributed by atoms with Gasteiger partial charge in [0, 0.05) is 6.04 Å². The number of amides is 1. The summed E-state index contributed by atoms with van der Waals surface area (Å²) in [5, 5.41) is 14.5. The third-order valence-corrected chi connectivity index (χ3v) is 3.44. The van der Waals surface area contributed by atoms with Crippen LogP contribution in [0, 0.1) is 0 Å². The van der Waals surface area contributed by atoms with E-state index in [0.29, 0.717) is 11.3 Å². The molecule has 1 amide bonds. The van der Waals surface area contributed by atoms with Crippen molar-refractivity contribution in [2.45, 2.75) is 19.4 Å². The lowest BCUT2D eigenvalue weighted by atomic mass is 10.2. The van der Waals surface area contributed by atoms with E-state index >= 15 is 0 Å². The smallest absolute Gasteiger partial charge is 0.258 e. The maximum atomic E-state index is 11.8. The van der Waals surface area contributed by atoms with E-state index in [1.54, 1.807) is 36.0 Å². The van der Waals surface area contributed by atoms with E-state index in [9.17, 15) is 4.79 Å². The molecule has 7 heteroatoms. The number of para-hydroxylation sites is 1. The van der Waals surface area contributed by atoms with Crippen molar-refractivity contribution >= 4 is 23.5 Å². The number of ether oxygens (including phenoxy) is 1. The van der Waals surface area contributed by atoms with Gasteiger partial charge in [-0.05, 0) is 37.5 Å². The number of rotatable bonds is 8. The molecule has 0 heterocycles. The summed E-state index contributed by atoms with van der Waals surface area (Å²) in [6, 6.07) is 6.92. The normalized spacial score (nSPS) is 12.8. The molecule has 0 aliphatic heterocycles. The first-order valence-electron chi connectivity index (χ1n) is 6.56. The van der Waals surface area contributed by atoms with Crippen LogP contribution >= 0.6 is 11.8 Å². The standard InChI is InChI=1S/C14H21N3O3S/c1-10(7-8-21-2)16-13(18)9-20-12-6-4-3-5-11(12)14(15)17-19/h3-6,10,19H,7-9H2,1-2H3,(H2,15,17)(H,16,18). The molecule has 0 aliphatic carbocycles. The Morgan fingerprint density at radius 3 is 2.90 bits per heavy atom. The molecular formula is C14H21N3O3S. The zero-order valence-electron chi connectivity index (χ0n) is 12.2. The molecule has 1 atom stereocenters. The Labute approximate surface area is 128 Å². The molecule has 1 aromatic rings. The zero-order valence-corrected chi connectivity index (χ0v) is 13.0. The number of hydrogen-bond donors (Lipinski definition) is 3. The van der Waals surface area contributed by atoms with E-state index in [-0.39, 0.29) is 24.4 Å². The lowest BCUT2D eigenvalue weighted by molar-refractivity contribution is -0.123. The Morgan fingerprint density at radius 2 is 2.24 bits per heavy atom. The minimum atomic E-state index is -0.196. The molecule has 1 aromatic carbocycles. The molecule has 21 heavy (non-hydrogen) atoms. The highest BCUT2D eigenvalue weighted by molar-refractivity contribution is 7.98. The average molecular weight is 311 g/mol. The molecule has 0 radical (unpaired) electrons. The Hall–Kier alpha value is -1.89. The number of amidine groups is 1. The maximum absolute atomic E-state index is 11.8. The van der Waals surface area contributed by atoms with Crippen molar-refractivity contribution in [2.75, 3.05) is 18.6 Å². The highest BCUT2D eigenvalue weighted by Crippen LogP contribution is 2.17. The van der Waals surface area contributed by atoms with Crippen molar-refractivity contribution in [3.05, 3.63) is 29.8 Å². The summed E-state index contributed by atoms with van der Waals surface area (Å²) in [5.74, 6) is 1.14. The fraction of sp³-hybridized carbons (Fsp3) is 0.429. The number of nitrogens with one attached hydrogen (secondary N) is 1. The fourth-order valence-electron chi connectivity index (χ4n) is 1.68. The predicted molar refractivity (Wildman–Crippen MR) is 85.1 cm³/mol. The molecule has 0 spiro atoms. The second kappa shape index (κ2) is 9.12. The fourth-order valence-corrected chi connectivity index (χ4v) is 2.27. The van der Waals surface area contributed by atoms with Crippen LogP contribution in [-0.4, -0.2) is 41.6 Å². The third kappa shape index (κ3) is 5.95. The van der Waals surface area contributed by atoms with Crippen LogP contribution in [0.4, 0.5) is 0 Å². The van der Waals surface area contributed by atoms with Crippen LogP contribution in [0.15, 0.2) is 29.4 Å². The number of nitrogens with zero attached hydrogens (tertiary/aromatic N) is 1. The number of thioether (sulfide) groups is 1. The van der Waals surface area contributed by atoms with Crippen molar-refractivity contribution in [3.8, 4) is 5.75 Å². The summed E-state index contributed by atoms with van der Waals surface area (Å²) in [5.41, 5.74) is 6.00. The third-order valence-electron chi connectivity index (χ3n) is 2.79. The summed E-state index contributed by atoms with van der Waals surface area (Å²) in [6.07, 6.45) is 2.94. The summed E-state index contributed by atoms with van der Waals surface area (Å²) >= 11 is 1.74. The van der Waals surface area contributed by atoms with Crippen LogP contribution in [0.2, 0.25) is 0 Å². The van der Waals surface area contributed by atoms with Gasteiger partial charge in [0.1, 0.15) is 5.75 Å². The van der Waals surface area contributed by atoms with Gasteiger partial charge in [-0.3, -0.25) is 4.79 Å². The number of carbonyl (C=O) groups is 1. The number of nitrogens with two attached hydrogens (primary N) is 1. The summed E-state index contributed by atoms with van der Waals surface area (Å²) in [7, 11) is 0. The van der Waals surface area contributed by atoms with Crippen LogP contribution in [0.1, 0.15) is 18.9 Å². The largest absolute Gasteiger partial charge is 0.483 e. The molecular weight excluding hydrogens is 290 g/mol. The van der Waals surface area contributed by atoms with Gasteiger partial charge in [-0.15, -0.1) is 0 Å². The van der Waals surface area contributed by atoms with E-state index in [4.69, 9.17) is 15.7 Å². The van der Waals surface area contributed by atoms with Gasteiger partial charge in [0.15, 0.2) is 12.4 Å². The second-order valence-corrected chi connectivity index (χ2v) is 5.51. The van der Waals surface area contributed by atoms with Crippen molar-refractivity contribution < 1.29 is 14.7 Å². The topological polar surface area (TPSA) is 96.9 Å². The van der Waals surface area contributed by atoms with Crippen molar-refractivity contribution in [2.24, 2.45) is 10.9 Å². The second-order valence-electron chi connectivity index (χ2n) is 4.52. The average Bonchev–Trinajstić information content (AvgIpc) is 2.50. The van der Waals surface area contributed by atoms with Gasteiger partial charge in [-0.2, -0.15) is 11.8 Å². The summed E-state index contributed by atoms with van der Waals surface area (Å²) in [4.78, 5) is 11.8. The Kier molecular flexibility index (Phi) is 7.45. The van der Waals surface area contributed by atoms with Gasteiger partial charge >= 0.3 is 0 Å². The number of hydrogen-bond acceptors (Lipinski definition) is 5. The van der Waals surface area contributed by atoms with Gasteiger partial charge in [0.25, 0.3) is 5.91 Å². The molecule has 0 saturated carbocycles. The Bertz CT molecular complexity index is 494. The first-order valence-corrected chi connectivity index (χ1v) is 7.96. The van der Waals surface area contributed by atoms with Crippen LogP contribution in [0.3, 0.4) is 0 Å². The Morgan fingerprint density at radius 1 is 1.52 bits per heavy atom. The van der Waals surface area contributed by atoms with Gasteiger partial charge < -0.3 is 21.0 Å². The quantitative estimate of drug-likeness (QED) is 0.292. The van der Waals surface area contributed by atoms with Crippen LogP contribution in [-0.2, 0) is 4.79 Å².